The Morgan fingerprint density at radius 1 is 0.872 bits per heavy atom. The molecule has 39 heavy (non-hydrogen) atoms. The summed E-state index contributed by atoms with van der Waals surface area (Å²) in [5.74, 6) is -0.552. The molecule has 0 unspecified atom stereocenters. The standard InChI is InChI=1S/C32H26ClFN2O3/c33-26-8-4-7-24(17-26)21-39-31-15-9-22(10-16-32(37)38)18-28(31)29-19-30(25-11-13-27(34)14-12-25)36(35-29)20-23-5-2-1-3-6-23/h1-9,11-15,17-19H,10,16,20-21H2,(H,37,38). The van der Waals surface area contributed by atoms with Gasteiger partial charge in [-0.05, 0) is 77.7 Å². The molecule has 0 bridgehead atoms. The second-order valence-corrected chi connectivity index (χ2v) is 9.64. The van der Waals surface area contributed by atoms with Crippen molar-refractivity contribution in [1.29, 1.82) is 0 Å². The van der Waals surface area contributed by atoms with E-state index in [-0.39, 0.29) is 12.2 Å². The van der Waals surface area contributed by atoms with Gasteiger partial charge >= 0.3 is 5.97 Å². The van der Waals surface area contributed by atoms with Crippen LogP contribution in [-0.4, -0.2) is 20.9 Å². The molecular weight excluding hydrogens is 515 g/mol. The van der Waals surface area contributed by atoms with Gasteiger partial charge in [0.1, 0.15) is 18.2 Å². The smallest absolute Gasteiger partial charge is 0.303 e. The SMILES string of the molecule is O=C(O)CCc1ccc(OCc2cccc(Cl)c2)c(-c2cc(-c3ccc(F)cc3)n(Cc3ccccc3)n2)c1. The van der Waals surface area contributed by atoms with Crippen molar-refractivity contribution in [2.45, 2.75) is 26.0 Å². The topological polar surface area (TPSA) is 64.3 Å². The summed E-state index contributed by atoms with van der Waals surface area (Å²) < 4.78 is 21.8. The molecule has 0 fully saturated rings. The zero-order valence-corrected chi connectivity index (χ0v) is 21.8. The largest absolute Gasteiger partial charge is 0.488 e. The number of carboxylic acids is 1. The number of hydrogen-bond donors (Lipinski definition) is 1. The molecule has 0 atom stereocenters. The van der Waals surface area contributed by atoms with Crippen LogP contribution in [0.3, 0.4) is 0 Å². The number of aliphatic carboxylic acids is 1. The van der Waals surface area contributed by atoms with Crippen LogP contribution in [0.5, 0.6) is 5.75 Å². The lowest BCUT2D eigenvalue weighted by molar-refractivity contribution is -0.136. The lowest BCUT2D eigenvalue weighted by atomic mass is 10.0. The van der Waals surface area contributed by atoms with Gasteiger partial charge < -0.3 is 9.84 Å². The molecular formula is C32H26ClFN2O3. The Morgan fingerprint density at radius 2 is 1.64 bits per heavy atom. The van der Waals surface area contributed by atoms with Crippen molar-refractivity contribution in [2.24, 2.45) is 0 Å². The molecule has 0 aliphatic heterocycles. The molecule has 0 saturated carbocycles. The molecule has 0 radical (unpaired) electrons. The molecule has 1 N–H and O–H groups in total. The van der Waals surface area contributed by atoms with Crippen molar-refractivity contribution in [3.63, 3.8) is 0 Å². The van der Waals surface area contributed by atoms with E-state index in [1.807, 2.05) is 83.5 Å². The zero-order valence-electron chi connectivity index (χ0n) is 21.1. The second kappa shape index (κ2) is 12.0. The van der Waals surface area contributed by atoms with Gasteiger partial charge in [-0.25, -0.2) is 4.39 Å². The molecule has 196 valence electrons. The molecule has 7 heteroatoms. The third-order valence-electron chi connectivity index (χ3n) is 6.33. The minimum atomic E-state index is -0.858. The monoisotopic (exact) mass is 540 g/mol. The highest BCUT2D eigenvalue weighted by Gasteiger charge is 2.17. The Hall–Kier alpha value is -4.42. The minimum absolute atomic E-state index is 0.0193. The van der Waals surface area contributed by atoms with Crippen LogP contribution in [0, 0.1) is 5.82 Å². The van der Waals surface area contributed by atoms with Gasteiger partial charge in [0.2, 0.25) is 0 Å². The third kappa shape index (κ3) is 6.72. The van der Waals surface area contributed by atoms with Crippen LogP contribution in [0.15, 0.2) is 103 Å². The van der Waals surface area contributed by atoms with E-state index in [2.05, 4.69) is 0 Å². The van der Waals surface area contributed by atoms with Crippen molar-refractivity contribution in [2.75, 3.05) is 0 Å². The van der Waals surface area contributed by atoms with Gasteiger partial charge in [0, 0.05) is 22.6 Å². The maximum atomic E-state index is 13.7. The Morgan fingerprint density at radius 3 is 2.38 bits per heavy atom. The lowest BCUT2D eigenvalue weighted by Gasteiger charge is -2.12. The first-order valence-corrected chi connectivity index (χ1v) is 12.9. The van der Waals surface area contributed by atoms with Crippen LogP contribution < -0.4 is 4.74 Å². The molecule has 0 saturated heterocycles. The molecule has 1 heterocycles. The van der Waals surface area contributed by atoms with Crippen LogP contribution in [0.25, 0.3) is 22.5 Å². The minimum Gasteiger partial charge on any atom is -0.488 e. The van der Waals surface area contributed by atoms with Gasteiger partial charge in [-0.2, -0.15) is 5.10 Å². The van der Waals surface area contributed by atoms with Crippen molar-refractivity contribution in [1.82, 2.24) is 9.78 Å². The van der Waals surface area contributed by atoms with Gasteiger partial charge in [-0.1, -0.05) is 60.1 Å². The van der Waals surface area contributed by atoms with Gasteiger partial charge in [0.15, 0.2) is 0 Å². The molecule has 0 spiro atoms. The second-order valence-electron chi connectivity index (χ2n) is 9.21. The highest BCUT2D eigenvalue weighted by Crippen LogP contribution is 2.34. The summed E-state index contributed by atoms with van der Waals surface area (Å²) in [5.41, 5.74) is 5.93. The zero-order chi connectivity index (χ0) is 27.2. The van der Waals surface area contributed by atoms with Crippen molar-refractivity contribution in [3.05, 3.63) is 131 Å². The quantitative estimate of drug-likeness (QED) is 0.197. The van der Waals surface area contributed by atoms with E-state index < -0.39 is 5.97 Å². The number of benzene rings is 4. The van der Waals surface area contributed by atoms with Crippen LogP contribution >= 0.6 is 11.6 Å². The van der Waals surface area contributed by atoms with E-state index >= 15 is 0 Å². The third-order valence-corrected chi connectivity index (χ3v) is 6.56. The first kappa shape index (κ1) is 26.2. The van der Waals surface area contributed by atoms with E-state index in [0.29, 0.717) is 36.0 Å². The van der Waals surface area contributed by atoms with Crippen molar-refractivity contribution in [3.8, 4) is 28.3 Å². The number of ether oxygens (including phenoxy) is 1. The summed E-state index contributed by atoms with van der Waals surface area (Å²) in [4.78, 5) is 11.2. The Kier molecular flexibility index (Phi) is 8.04. The lowest BCUT2D eigenvalue weighted by Crippen LogP contribution is -2.04. The number of rotatable bonds is 10. The number of aryl methyl sites for hydroxylation is 1. The van der Waals surface area contributed by atoms with Gasteiger partial charge in [-0.15, -0.1) is 0 Å². The highest BCUT2D eigenvalue weighted by molar-refractivity contribution is 6.30. The predicted octanol–water partition coefficient (Wildman–Crippen LogP) is 7.65. The maximum Gasteiger partial charge on any atom is 0.303 e. The van der Waals surface area contributed by atoms with Gasteiger partial charge in [-0.3, -0.25) is 9.48 Å². The van der Waals surface area contributed by atoms with Crippen LogP contribution in [0.1, 0.15) is 23.1 Å². The van der Waals surface area contributed by atoms with Crippen molar-refractivity contribution < 1.29 is 19.0 Å². The maximum absolute atomic E-state index is 13.7. The van der Waals surface area contributed by atoms with E-state index in [1.54, 1.807) is 12.1 Å². The fourth-order valence-corrected chi connectivity index (χ4v) is 4.59. The Bertz CT molecular complexity index is 1580. The normalized spacial score (nSPS) is 10.9. The van der Waals surface area contributed by atoms with Crippen LogP contribution in [0.2, 0.25) is 5.02 Å². The summed E-state index contributed by atoms with van der Waals surface area (Å²) >= 11 is 6.15. The number of carbonyl (C=O) groups is 1. The molecule has 5 rings (SSSR count). The van der Waals surface area contributed by atoms with E-state index in [0.717, 1.165) is 33.5 Å². The summed E-state index contributed by atoms with van der Waals surface area (Å²) in [7, 11) is 0. The Balaban J connectivity index is 1.56. The summed E-state index contributed by atoms with van der Waals surface area (Å²) in [6.45, 7) is 0.822. The molecule has 5 nitrogen and oxygen atoms in total. The number of aromatic nitrogens is 2. The molecule has 1 aromatic heterocycles. The number of nitrogens with zero attached hydrogens (tertiary/aromatic N) is 2. The highest BCUT2D eigenvalue weighted by atomic mass is 35.5. The Labute approximate surface area is 231 Å². The van der Waals surface area contributed by atoms with Crippen molar-refractivity contribution >= 4 is 17.6 Å². The van der Waals surface area contributed by atoms with E-state index in [9.17, 15) is 14.3 Å². The average molecular weight is 541 g/mol. The number of hydrogen-bond acceptors (Lipinski definition) is 3. The molecule has 4 aromatic carbocycles. The van der Waals surface area contributed by atoms with Gasteiger partial charge in [0.25, 0.3) is 0 Å². The summed E-state index contributed by atoms with van der Waals surface area (Å²) in [6, 6.07) is 31.4. The molecule has 0 amide bonds. The first-order chi connectivity index (χ1) is 18.9. The fraction of sp³-hybridized carbons (Fsp3) is 0.125. The van der Waals surface area contributed by atoms with Crippen LogP contribution in [-0.2, 0) is 24.4 Å². The van der Waals surface area contributed by atoms with E-state index in [1.165, 1.54) is 12.1 Å². The first-order valence-electron chi connectivity index (χ1n) is 12.5. The number of carboxylic acid groups (broad SMARTS) is 1. The molecule has 5 aromatic rings. The predicted molar refractivity (Wildman–Crippen MR) is 150 cm³/mol. The van der Waals surface area contributed by atoms with Crippen LogP contribution in [0.4, 0.5) is 4.39 Å². The fourth-order valence-electron chi connectivity index (χ4n) is 4.38. The number of halogens is 2. The summed E-state index contributed by atoms with van der Waals surface area (Å²) in [6.07, 6.45) is 0.401. The average Bonchev–Trinajstić information content (AvgIpc) is 3.35. The summed E-state index contributed by atoms with van der Waals surface area (Å²) in [5, 5.41) is 14.8. The molecule has 0 aliphatic rings. The van der Waals surface area contributed by atoms with Gasteiger partial charge in [0.05, 0.1) is 17.9 Å². The molecule has 0 aliphatic carbocycles. The van der Waals surface area contributed by atoms with E-state index in [4.69, 9.17) is 21.4 Å².